The molecule has 1 aliphatic rings. The van der Waals surface area contributed by atoms with Crippen molar-refractivity contribution >= 4 is 47.4 Å². The molecule has 1 fully saturated rings. The van der Waals surface area contributed by atoms with Crippen LogP contribution in [0, 0.1) is 5.92 Å². The van der Waals surface area contributed by atoms with Gasteiger partial charge in [-0.05, 0) is 46.0 Å². The van der Waals surface area contributed by atoms with E-state index in [1.807, 2.05) is 20.8 Å². The van der Waals surface area contributed by atoms with E-state index in [0.29, 0.717) is 36.5 Å². The Labute approximate surface area is 202 Å². The summed E-state index contributed by atoms with van der Waals surface area (Å²) in [5, 5.41) is 7.49. The first-order valence-electron chi connectivity index (χ1n) is 9.92. The highest BCUT2D eigenvalue weighted by Gasteiger charge is 2.33. The van der Waals surface area contributed by atoms with Gasteiger partial charge in [0.05, 0.1) is 6.54 Å². The van der Waals surface area contributed by atoms with E-state index < -0.39 is 17.5 Å². The molecule has 0 bridgehead atoms. The van der Waals surface area contributed by atoms with Crippen molar-refractivity contribution in [3.8, 4) is 0 Å². The maximum atomic E-state index is 12.6. The van der Waals surface area contributed by atoms with Crippen LogP contribution in [-0.4, -0.2) is 54.2 Å². The highest BCUT2D eigenvalue weighted by atomic mass is 127. The Bertz CT molecular complexity index is 737. The number of guanidine groups is 1. The van der Waals surface area contributed by atoms with Gasteiger partial charge in [0.15, 0.2) is 11.7 Å². The predicted molar refractivity (Wildman–Crippen MR) is 126 cm³/mol. The zero-order chi connectivity index (χ0) is 22.4. The molecule has 178 valence electrons. The minimum atomic E-state index is -4.43. The van der Waals surface area contributed by atoms with Crippen molar-refractivity contribution < 1.29 is 22.7 Å². The van der Waals surface area contributed by atoms with E-state index in [9.17, 15) is 18.0 Å². The fourth-order valence-corrected chi connectivity index (χ4v) is 3.83. The molecule has 1 atom stereocenters. The number of thiazole rings is 1. The zero-order valence-corrected chi connectivity index (χ0v) is 21.4. The summed E-state index contributed by atoms with van der Waals surface area (Å²) in [4.78, 5) is 21.7. The van der Waals surface area contributed by atoms with Gasteiger partial charge in [-0.1, -0.05) is 0 Å². The standard InChI is InChI=1S/C19H30F3N5O2S.HI/c1-18(2,3)29-17(28)27-9-5-6-13(11-27)7-8-24-16(23-4)25-10-15-26-14(12-30-15)19(20,21)22;/h12-13H,5-11H2,1-4H3,(H2,23,24,25);1H. The number of hydrogen-bond acceptors (Lipinski definition) is 5. The van der Waals surface area contributed by atoms with Gasteiger partial charge < -0.3 is 20.3 Å². The third kappa shape index (κ3) is 9.79. The van der Waals surface area contributed by atoms with Gasteiger partial charge >= 0.3 is 12.3 Å². The maximum absolute atomic E-state index is 12.6. The van der Waals surface area contributed by atoms with Crippen LogP contribution in [0.5, 0.6) is 0 Å². The summed E-state index contributed by atoms with van der Waals surface area (Å²) in [5.74, 6) is 0.851. The number of aromatic nitrogens is 1. The average molecular weight is 577 g/mol. The Morgan fingerprint density at radius 3 is 2.65 bits per heavy atom. The molecular weight excluding hydrogens is 546 g/mol. The van der Waals surface area contributed by atoms with Crippen molar-refractivity contribution in [2.45, 2.75) is 58.4 Å². The monoisotopic (exact) mass is 577 g/mol. The molecule has 1 aliphatic heterocycles. The van der Waals surface area contributed by atoms with Gasteiger partial charge in [0, 0.05) is 32.1 Å². The molecule has 1 aromatic rings. The lowest BCUT2D eigenvalue weighted by Crippen LogP contribution is -2.44. The van der Waals surface area contributed by atoms with Crippen LogP contribution in [-0.2, 0) is 17.5 Å². The number of alkyl halides is 3. The van der Waals surface area contributed by atoms with Gasteiger partial charge in [0.25, 0.3) is 0 Å². The highest BCUT2D eigenvalue weighted by molar-refractivity contribution is 14.0. The number of halogens is 4. The molecule has 12 heteroatoms. The largest absolute Gasteiger partial charge is 0.444 e. The number of piperidine rings is 1. The molecule has 7 nitrogen and oxygen atoms in total. The maximum Gasteiger partial charge on any atom is 0.434 e. The van der Waals surface area contributed by atoms with E-state index in [1.54, 1.807) is 11.9 Å². The van der Waals surface area contributed by atoms with Crippen molar-refractivity contribution in [3.05, 3.63) is 16.1 Å². The van der Waals surface area contributed by atoms with Gasteiger partial charge in [0.2, 0.25) is 0 Å². The SMILES string of the molecule is CN=C(NCCC1CCCN(C(=O)OC(C)(C)C)C1)NCc1nc(C(F)(F)F)cs1.I. The van der Waals surface area contributed by atoms with Crippen molar-refractivity contribution in [1.82, 2.24) is 20.5 Å². The Morgan fingerprint density at radius 2 is 2.06 bits per heavy atom. The van der Waals surface area contributed by atoms with Crippen LogP contribution in [0.3, 0.4) is 0 Å². The Hall–Kier alpha value is -1.31. The van der Waals surface area contributed by atoms with Gasteiger partial charge in [0.1, 0.15) is 10.6 Å². The number of nitrogens with zero attached hydrogens (tertiary/aromatic N) is 3. The topological polar surface area (TPSA) is 78.9 Å². The molecular formula is C19H31F3IN5O2S. The van der Waals surface area contributed by atoms with Gasteiger partial charge in [-0.3, -0.25) is 4.99 Å². The van der Waals surface area contributed by atoms with E-state index in [0.717, 1.165) is 36.0 Å². The molecule has 0 spiro atoms. The number of amides is 1. The highest BCUT2D eigenvalue weighted by Crippen LogP contribution is 2.29. The summed E-state index contributed by atoms with van der Waals surface area (Å²) in [6.07, 6.45) is -1.90. The molecule has 31 heavy (non-hydrogen) atoms. The molecule has 1 amide bonds. The average Bonchev–Trinajstić information content (AvgIpc) is 3.13. The van der Waals surface area contributed by atoms with E-state index in [1.165, 1.54) is 0 Å². The minimum absolute atomic E-state index is 0. The Kier molecular flexibility index (Phi) is 10.8. The van der Waals surface area contributed by atoms with Crippen LogP contribution >= 0.6 is 35.3 Å². The van der Waals surface area contributed by atoms with Crippen LogP contribution < -0.4 is 10.6 Å². The number of rotatable bonds is 5. The number of aliphatic imine (C=N–C) groups is 1. The van der Waals surface area contributed by atoms with E-state index in [4.69, 9.17) is 4.74 Å². The summed E-state index contributed by atoms with van der Waals surface area (Å²) < 4.78 is 43.3. The summed E-state index contributed by atoms with van der Waals surface area (Å²) in [6, 6.07) is 0. The van der Waals surface area contributed by atoms with E-state index in [2.05, 4.69) is 20.6 Å². The van der Waals surface area contributed by atoms with Gasteiger partial charge in [-0.25, -0.2) is 9.78 Å². The molecule has 2 rings (SSSR count). The molecule has 0 radical (unpaired) electrons. The second-order valence-corrected chi connectivity index (χ2v) is 9.14. The van der Waals surface area contributed by atoms with Crippen LogP contribution in [0.25, 0.3) is 0 Å². The third-order valence-corrected chi connectivity index (χ3v) is 5.34. The van der Waals surface area contributed by atoms with Crippen LogP contribution in [0.2, 0.25) is 0 Å². The Morgan fingerprint density at radius 1 is 1.35 bits per heavy atom. The molecule has 1 unspecified atom stereocenters. The number of carbonyl (C=O) groups excluding carboxylic acids is 1. The van der Waals surface area contributed by atoms with Crippen LogP contribution in [0.15, 0.2) is 10.4 Å². The van der Waals surface area contributed by atoms with Crippen molar-refractivity contribution in [3.63, 3.8) is 0 Å². The lowest BCUT2D eigenvalue weighted by atomic mass is 9.95. The first kappa shape index (κ1) is 27.7. The first-order chi connectivity index (χ1) is 14.0. The predicted octanol–water partition coefficient (Wildman–Crippen LogP) is 4.48. The van der Waals surface area contributed by atoms with E-state index in [-0.39, 0.29) is 36.6 Å². The summed E-state index contributed by atoms with van der Waals surface area (Å²) in [5.41, 5.74) is -1.39. The summed E-state index contributed by atoms with van der Waals surface area (Å²) >= 11 is 0.956. The molecule has 0 aromatic carbocycles. The molecule has 2 N–H and O–H groups in total. The molecule has 1 saturated heterocycles. The van der Waals surface area contributed by atoms with Gasteiger partial charge in [-0.2, -0.15) is 13.2 Å². The van der Waals surface area contributed by atoms with Crippen LogP contribution in [0.4, 0.5) is 18.0 Å². The smallest absolute Gasteiger partial charge is 0.434 e. The molecule has 2 heterocycles. The fourth-order valence-electron chi connectivity index (χ4n) is 3.09. The van der Waals surface area contributed by atoms with Crippen LogP contribution in [0.1, 0.15) is 50.7 Å². The first-order valence-corrected chi connectivity index (χ1v) is 10.8. The van der Waals surface area contributed by atoms with Crippen molar-refractivity contribution in [2.75, 3.05) is 26.7 Å². The number of carbonyl (C=O) groups is 1. The van der Waals surface area contributed by atoms with E-state index >= 15 is 0 Å². The third-order valence-electron chi connectivity index (χ3n) is 4.49. The normalized spacial score (nSPS) is 17.7. The quantitative estimate of drug-likeness (QED) is 0.307. The van der Waals surface area contributed by atoms with Crippen molar-refractivity contribution in [1.29, 1.82) is 0 Å². The van der Waals surface area contributed by atoms with Crippen molar-refractivity contribution in [2.24, 2.45) is 10.9 Å². The molecule has 1 aromatic heterocycles. The fraction of sp³-hybridized carbons (Fsp3) is 0.737. The van der Waals surface area contributed by atoms with Gasteiger partial charge in [-0.15, -0.1) is 35.3 Å². The summed E-state index contributed by atoms with van der Waals surface area (Å²) in [7, 11) is 1.60. The summed E-state index contributed by atoms with van der Waals surface area (Å²) in [6.45, 7) is 7.71. The second kappa shape index (κ2) is 12.1. The number of nitrogens with one attached hydrogen (secondary N) is 2. The number of hydrogen-bond donors (Lipinski definition) is 2. The zero-order valence-electron chi connectivity index (χ0n) is 18.2. The number of likely N-dealkylation sites (tertiary alicyclic amines) is 1. The second-order valence-electron chi connectivity index (χ2n) is 8.20. The number of ether oxygens (including phenoxy) is 1. The minimum Gasteiger partial charge on any atom is -0.444 e. The lowest BCUT2D eigenvalue weighted by molar-refractivity contribution is -0.140. The molecule has 0 saturated carbocycles. The molecule has 0 aliphatic carbocycles. The lowest BCUT2D eigenvalue weighted by Gasteiger charge is -2.34. The Balaban J connectivity index is 0.00000480.